The summed E-state index contributed by atoms with van der Waals surface area (Å²) in [5, 5.41) is 9.68. The van der Waals surface area contributed by atoms with E-state index >= 15 is 0 Å². The summed E-state index contributed by atoms with van der Waals surface area (Å²) in [6, 6.07) is 7.53. The van der Waals surface area contributed by atoms with Gasteiger partial charge < -0.3 is 14.4 Å². The normalized spacial score (nSPS) is 12.4. The van der Waals surface area contributed by atoms with E-state index in [0.717, 1.165) is 17.1 Å². The Balaban J connectivity index is 1.96. The predicted octanol–water partition coefficient (Wildman–Crippen LogP) is 2.44. The van der Waals surface area contributed by atoms with Crippen molar-refractivity contribution in [2.24, 2.45) is 7.05 Å². The first-order valence-electron chi connectivity index (χ1n) is 6.07. The van der Waals surface area contributed by atoms with Gasteiger partial charge in [0, 0.05) is 19.4 Å². The Kier molecular flexibility index (Phi) is 3.99. The van der Waals surface area contributed by atoms with Crippen LogP contribution in [-0.2, 0) is 13.7 Å². The first-order valence-corrected chi connectivity index (χ1v) is 6.07. The van der Waals surface area contributed by atoms with Crippen molar-refractivity contribution in [2.45, 2.75) is 26.1 Å². The van der Waals surface area contributed by atoms with Gasteiger partial charge in [0.2, 0.25) is 0 Å². The molecule has 2 rings (SSSR count). The van der Waals surface area contributed by atoms with Crippen LogP contribution in [0.5, 0.6) is 5.75 Å². The molecule has 1 heterocycles. The number of nitrogens with zero attached hydrogens (tertiary/aromatic N) is 2. The van der Waals surface area contributed by atoms with Crippen molar-refractivity contribution < 1.29 is 9.84 Å². The van der Waals surface area contributed by atoms with Crippen LogP contribution < -0.4 is 4.74 Å². The molecule has 0 radical (unpaired) electrons. The number of aryl methyl sites for hydroxylation is 1. The lowest BCUT2D eigenvalue weighted by Crippen LogP contribution is -2.03. The number of aliphatic hydroxyl groups excluding tert-OH is 1. The molecule has 0 aliphatic carbocycles. The minimum Gasteiger partial charge on any atom is -0.486 e. The van der Waals surface area contributed by atoms with Crippen LogP contribution in [0.25, 0.3) is 0 Å². The topological polar surface area (TPSA) is 47.3 Å². The van der Waals surface area contributed by atoms with E-state index in [1.807, 2.05) is 49.0 Å². The molecular weight excluding hydrogens is 228 g/mol. The molecule has 0 saturated carbocycles. The fourth-order valence-electron chi connectivity index (χ4n) is 1.71. The van der Waals surface area contributed by atoms with E-state index < -0.39 is 6.10 Å². The van der Waals surface area contributed by atoms with E-state index in [1.165, 1.54) is 0 Å². The number of benzene rings is 1. The summed E-state index contributed by atoms with van der Waals surface area (Å²) in [6.45, 7) is 2.40. The summed E-state index contributed by atoms with van der Waals surface area (Å²) in [5.74, 6) is 1.66. The van der Waals surface area contributed by atoms with Gasteiger partial charge in [-0.05, 0) is 24.1 Å². The zero-order valence-electron chi connectivity index (χ0n) is 10.7. The number of imidazole rings is 1. The van der Waals surface area contributed by atoms with E-state index in [9.17, 15) is 5.11 Å². The Morgan fingerprint density at radius 3 is 2.61 bits per heavy atom. The minimum atomic E-state index is -0.395. The summed E-state index contributed by atoms with van der Waals surface area (Å²) in [5.41, 5.74) is 0.918. The number of aromatic nitrogens is 2. The van der Waals surface area contributed by atoms with Gasteiger partial charge in [-0.25, -0.2) is 4.98 Å². The fourth-order valence-corrected chi connectivity index (χ4v) is 1.71. The van der Waals surface area contributed by atoms with Crippen molar-refractivity contribution in [1.29, 1.82) is 0 Å². The zero-order chi connectivity index (χ0) is 13.0. The zero-order valence-corrected chi connectivity index (χ0v) is 10.7. The number of rotatable bonds is 5. The van der Waals surface area contributed by atoms with Crippen molar-refractivity contribution in [3.05, 3.63) is 48.0 Å². The third-order valence-electron chi connectivity index (χ3n) is 2.94. The van der Waals surface area contributed by atoms with Crippen molar-refractivity contribution in [3.63, 3.8) is 0 Å². The van der Waals surface area contributed by atoms with Crippen LogP contribution in [0.15, 0.2) is 36.7 Å². The lowest BCUT2D eigenvalue weighted by atomic mass is 10.1. The smallest absolute Gasteiger partial charge is 0.146 e. The lowest BCUT2D eigenvalue weighted by molar-refractivity contribution is 0.173. The summed E-state index contributed by atoms with van der Waals surface area (Å²) >= 11 is 0. The average Bonchev–Trinajstić information content (AvgIpc) is 2.81. The molecule has 4 heteroatoms. The van der Waals surface area contributed by atoms with Crippen LogP contribution in [0.1, 0.15) is 30.8 Å². The van der Waals surface area contributed by atoms with Crippen molar-refractivity contribution >= 4 is 0 Å². The fraction of sp³-hybridized carbons (Fsp3) is 0.357. The summed E-state index contributed by atoms with van der Waals surface area (Å²) < 4.78 is 7.56. The molecule has 1 aromatic carbocycles. The molecule has 0 bridgehead atoms. The molecule has 0 spiro atoms. The summed E-state index contributed by atoms with van der Waals surface area (Å²) in [7, 11) is 1.94. The number of hydrogen-bond donors (Lipinski definition) is 1. The molecule has 0 aliphatic rings. The molecule has 18 heavy (non-hydrogen) atoms. The summed E-state index contributed by atoms with van der Waals surface area (Å²) in [6.07, 6.45) is 3.96. The maximum Gasteiger partial charge on any atom is 0.146 e. The molecule has 0 saturated heterocycles. The Morgan fingerprint density at radius 1 is 1.33 bits per heavy atom. The van der Waals surface area contributed by atoms with Crippen LogP contribution in [0.2, 0.25) is 0 Å². The van der Waals surface area contributed by atoms with E-state index in [2.05, 4.69) is 4.98 Å². The van der Waals surface area contributed by atoms with E-state index in [-0.39, 0.29) is 0 Å². The second kappa shape index (κ2) is 5.69. The van der Waals surface area contributed by atoms with Gasteiger partial charge in [0.1, 0.15) is 18.2 Å². The lowest BCUT2D eigenvalue weighted by Gasteiger charge is -2.10. The van der Waals surface area contributed by atoms with Crippen LogP contribution in [0, 0.1) is 0 Å². The van der Waals surface area contributed by atoms with Crippen LogP contribution in [-0.4, -0.2) is 14.7 Å². The Bertz CT molecular complexity index is 491. The van der Waals surface area contributed by atoms with Gasteiger partial charge in [0.15, 0.2) is 0 Å². The predicted molar refractivity (Wildman–Crippen MR) is 69.2 cm³/mol. The minimum absolute atomic E-state index is 0.395. The van der Waals surface area contributed by atoms with Gasteiger partial charge in [0.25, 0.3) is 0 Å². The highest BCUT2D eigenvalue weighted by Gasteiger charge is 2.05. The SMILES string of the molecule is CC[C@@H](O)c1ccc(OCc2nccn2C)cc1. The van der Waals surface area contributed by atoms with E-state index in [0.29, 0.717) is 13.0 Å². The van der Waals surface area contributed by atoms with Crippen molar-refractivity contribution in [1.82, 2.24) is 9.55 Å². The van der Waals surface area contributed by atoms with Crippen molar-refractivity contribution in [2.75, 3.05) is 0 Å². The van der Waals surface area contributed by atoms with Gasteiger partial charge in [-0.3, -0.25) is 0 Å². The second-order valence-electron chi connectivity index (χ2n) is 4.24. The highest BCUT2D eigenvalue weighted by molar-refractivity contribution is 5.28. The molecule has 1 aromatic heterocycles. The van der Waals surface area contributed by atoms with Gasteiger partial charge >= 0.3 is 0 Å². The van der Waals surface area contributed by atoms with Crippen LogP contribution in [0.4, 0.5) is 0 Å². The highest BCUT2D eigenvalue weighted by Crippen LogP contribution is 2.20. The largest absolute Gasteiger partial charge is 0.486 e. The number of aliphatic hydroxyl groups is 1. The Hall–Kier alpha value is -1.81. The monoisotopic (exact) mass is 246 g/mol. The van der Waals surface area contributed by atoms with Crippen molar-refractivity contribution in [3.8, 4) is 5.75 Å². The highest BCUT2D eigenvalue weighted by atomic mass is 16.5. The number of hydrogen-bond acceptors (Lipinski definition) is 3. The molecule has 96 valence electrons. The van der Waals surface area contributed by atoms with Gasteiger partial charge in [0.05, 0.1) is 6.10 Å². The standard InChI is InChI=1S/C14H18N2O2/c1-3-13(17)11-4-6-12(7-5-11)18-10-14-15-8-9-16(14)2/h4-9,13,17H,3,10H2,1-2H3/t13-/m1/s1. The van der Waals surface area contributed by atoms with Gasteiger partial charge in [-0.1, -0.05) is 19.1 Å². The van der Waals surface area contributed by atoms with E-state index in [1.54, 1.807) is 6.20 Å². The maximum absolute atomic E-state index is 9.68. The molecule has 0 aliphatic heterocycles. The number of ether oxygens (including phenoxy) is 1. The third-order valence-corrected chi connectivity index (χ3v) is 2.94. The molecular formula is C14H18N2O2. The first kappa shape index (κ1) is 12.6. The average molecular weight is 246 g/mol. The molecule has 0 fully saturated rings. The van der Waals surface area contributed by atoms with E-state index in [4.69, 9.17) is 4.74 Å². The third kappa shape index (κ3) is 2.90. The van der Waals surface area contributed by atoms with Crippen LogP contribution in [0.3, 0.4) is 0 Å². The molecule has 4 nitrogen and oxygen atoms in total. The van der Waals surface area contributed by atoms with Gasteiger partial charge in [-0.15, -0.1) is 0 Å². The summed E-state index contributed by atoms with van der Waals surface area (Å²) in [4.78, 5) is 4.19. The van der Waals surface area contributed by atoms with Crippen LogP contribution >= 0.6 is 0 Å². The maximum atomic E-state index is 9.68. The second-order valence-corrected chi connectivity index (χ2v) is 4.24. The molecule has 0 amide bonds. The molecule has 1 N–H and O–H groups in total. The Labute approximate surface area is 107 Å². The van der Waals surface area contributed by atoms with Gasteiger partial charge in [-0.2, -0.15) is 0 Å². The quantitative estimate of drug-likeness (QED) is 0.881. The molecule has 0 unspecified atom stereocenters. The molecule has 2 aromatic rings. The first-order chi connectivity index (χ1) is 8.70. The molecule has 1 atom stereocenters. The Morgan fingerprint density at radius 2 is 2.06 bits per heavy atom.